The highest BCUT2D eigenvalue weighted by molar-refractivity contribution is 5.97. The fraction of sp³-hybridized carbons (Fsp3) is 0.314. The fourth-order valence-corrected chi connectivity index (χ4v) is 3.75. The summed E-state index contributed by atoms with van der Waals surface area (Å²) in [6.45, 7) is 8.30. The van der Waals surface area contributed by atoms with E-state index in [2.05, 4.69) is 25.2 Å². The van der Waals surface area contributed by atoms with Crippen molar-refractivity contribution in [3.8, 4) is 23.0 Å². The van der Waals surface area contributed by atoms with Crippen molar-refractivity contribution in [2.24, 2.45) is 0 Å². The molecule has 0 spiro atoms. The minimum Gasteiger partial charge on any atom is -0.494 e. The maximum atomic E-state index is 13.1. The van der Waals surface area contributed by atoms with Gasteiger partial charge < -0.3 is 33.2 Å². The van der Waals surface area contributed by atoms with Gasteiger partial charge in [0.05, 0.1) is 43.8 Å². The second-order valence-corrected chi connectivity index (χ2v) is 9.76. The van der Waals surface area contributed by atoms with E-state index in [1.54, 1.807) is 48.5 Å². The molecule has 0 atom stereocenters. The summed E-state index contributed by atoms with van der Waals surface area (Å²) in [4.78, 5) is 50.1. The van der Waals surface area contributed by atoms with Gasteiger partial charge in [0.15, 0.2) is 0 Å². The zero-order chi connectivity index (χ0) is 33.1. The molecule has 3 aromatic carbocycles. The number of hydrogen-bond acceptors (Lipinski definition) is 11. The standard InChI is InChI=1S/C35H38O11/c1-4-7-20-41-27-14-10-25(11-15-27)32(36)45-29-18-19-31(30(24-29)34(38)43-22-9-23-44-35(39)40-6-3)46-33(37)26-12-16-28(17-13-26)42-21-8-5-2/h6,10-19,24H,3-5,7-9,20-23H2,1-2H3. The van der Waals surface area contributed by atoms with E-state index >= 15 is 0 Å². The Balaban J connectivity index is 1.72. The van der Waals surface area contributed by atoms with Crippen LogP contribution in [0.4, 0.5) is 4.79 Å². The van der Waals surface area contributed by atoms with Gasteiger partial charge in [0, 0.05) is 6.42 Å². The lowest BCUT2D eigenvalue weighted by atomic mass is 10.1. The molecule has 0 saturated carbocycles. The molecule has 46 heavy (non-hydrogen) atoms. The summed E-state index contributed by atoms with van der Waals surface area (Å²) >= 11 is 0. The van der Waals surface area contributed by atoms with Gasteiger partial charge >= 0.3 is 24.1 Å². The minimum atomic E-state index is -0.941. The average molecular weight is 635 g/mol. The van der Waals surface area contributed by atoms with Crippen LogP contribution >= 0.6 is 0 Å². The molecule has 244 valence electrons. The molecule has 0 aliphatic rings. The Kier molecular flexibility index (Phi) is 14.6. The lowest BCUT2D eigenvalue weighted by molar-refractivity contribution is 0.0440. The van der Waals surface area contributed by atoms with Crippen molar-refractivity contribution in [2.75, 3.05) is 26.4 Å². The van der Waals surface area contributed by atoms with Crippen LogP contribution < -0.4 is 18.9 Å². The van der Waals surface area contributed by atoms with Gasteiger partial charge in [-0.3, -0.25) is 0 Å². The van der Waals surface area contributed by atoms with E-state index in [4.69, 9.17) is 28.4 Å². The molecule has 0 bridgehead atoms. The number of ether oxygens (including phenoxy) is 7. The highest BCUT2D eigenvalue weighted by Crippen LogP contribution is 2.27. The molecule has 0 N–H and O–H groups in total. The van der Waals surface area contributed by atoms with Crippen LogP contribution in [0.5, 0.6) is 23.0 Å². The highest BCUT2D eigenvalue weighted by Gasteiger charge is 2.21. The Hall–Kier alpha value is -5.32. The average Bonchev–Trinajstić information content (AvgIpc) is 3.06. The zero-order valence-electron chi connectivity index (χ0n) is 26.0. The molecule has 0 aliphatic carbocycles. The second-order valence-electron chi connectivity index (χ2n) is 9.76. The number of unbranched alkanes of at least 4 members (excludes halogenated alkanes) is 2. The van der Waals surface area contributed by atoms with E-state index in [0.717, 1.165) is 31.9 Å². The van der Waals surface area contributed by atoms with Crippen molar-refractivity contribution in [1.82, 2.24) is 0 Å². The van der Waals surface area contributed by atoms with Crippen molar-refractivity contribution in [1.29, 1.82) is 0 Å². The predicted octanol–water partition coefficient (Wildman–Crippen LogP) is 7.33. The number of esters is 3. The number of benzene rings is 3. The predicted molar refractivity (Wildman–Crippen MR) is 168 cm³/mol. The zero-order valence-corrected chi connectivity index (χ0v) is 26.0. The Bertz CT molecular complexity index is 1450. The molecular formula is C35H38O11. The molecule has 11 nitrogen and oxygen atoms in total. The SMILES string of the molecule is C=COC(=O)OCCCOC(=O)c1cc(OC(=O)c2ccc(OCCCC)cc2)ccc1OC(=O)c1ccc(OCCCC)cc1. The molecule has 0 unspecified atom stereocenters. The van der Waals surface area contributed by atoms with Gasteiger partial charge in [-0.05, 0) is 79.6 Å². The summed E-state index contributed by atoms with van der Waals surface area (Å²) in [7, 11) is 0. The summed E-state index contributed by atoms with van der Waals surface area (Å²) in [6.07, 6.45) is 3.96. The van der Waals surface area contributed by atoms with Crippen LogP contribution in [0.3, 0.4) is 0 Å². The van der Waals surface area contributed by atoms with Gasteiger partial charge in [-0.2, -0.15) is 0 Å². The first-order valence-corrected chi connectivity index (χ1v) is 15.0. The van der Waals surface area contributed by atoms with Gasteiger partial charge in [-0.25, -0.2) is 19.2 Å². The Labute approximate surface area is 268 Å². The topological polar surface area (TPSA) is 133 Å². The first kappa shape index (κ1) is 35.2. The quantitative estimate of drug-likeness (QED) is 0.0603. The van der Waals surface area contributed by atoms with E-state index in [-0.39, 0.29) is 47.8 Å². The van der Waals surface area contributed by atoms with Gasteiger partial charge in [-0.15, -0.1) is 0 Å². The summed E-state index contributed by atoms with van der Waals surface area (Å²) in [5, 5.41) is 0. The van der Waals surface area contributed by atoms with E-state index in [1.165, 1.54) is 18.2 Å². The number of carbonyl (C=O) groups is 4. The summed E-state index contributed by atoms with van der Waals surface area (Å²) in [6, 6.07) is 16.9. The lowest BCUT2D eigenvalue weighted by Crippen LogP contribution is -2.15. The third-order valence-corrected chi connectivity index (χ3v) is 6.22. The first-order valence-electron chi connectivity index (χ1n) is 15.0. The highest BCUT2D eigenvalue weighted by atomic mass is 16.7. The van der Waals surface area contributed by atoms with Crippen LogP contribution in [0.2, 0.25) is 0 Å². The smallest absolute Gasteiger partial charge is 0.494 e. The normalized spacial score (nSPS) is 10.3. The van der Waals surface area contributed by atoms with Crippen LogP contribution in [0.25, 0.3) is 0 Å². The summed E-state index contributed by atoms with van der Waals surface area (Å²) in [5.74, 6) is -1.11. The summed E-state index contributed by atoms with van der Waals surface area (Å²) in [5.41, 5.74) is 0.327. The molecule has 3 rings (SSSR count). The number of carbonyl (C=O) groups excluding carboxylic acids is 4. The number of rotatable bonds is 18. The largest absolute Gasteiger partial charge is 0.513 e. The molecule has 0 fully saturated rings. The second kappa shape index (κ2) is 19.1. The number of hydrogen-bond donors (Lipinski definition) is 0. The monoisotopic (exact) mass is 634 g/mol. The maximum Gasteiger partial charge on any atom is 0.513 e. The molecule has 0 radical (unpaired) electrons. The molecule has 0 aliphatic heterocycles. The fourth-order valence-electron chi connectivity index (χ4n) is 3.75. The molecule has 0 amide bonds. The Morgan fingerprint density at radius 2 is 1.13 bits per heavy atom. The molecule has 0 aromatic heterocycles. The molecular weight excluding hydrogens is 596 g/mol. The minimum absolute atomic E-state index is 0.0177. The van der Waals surface area contributed by atoms with E-state index in [0.29, 0.717) is 24.7 Å². The molecule has 0 saturated heterocycles. The Morgan fingerprint density at radius 1 is 0.609 bits per heavy atom. The van der Waals surface area contributed by atoms with E-state index in [1.807, 2.05) is 0 Å². The van der Waals surface area contributed by atoms with Gasteiger partial charge in [0.25, 0.3) is 0 Å². The first-order chi connectivity index (χ1) is 22.3. The van der Waals surface area contributed by atoms with Gasteiger partial charge in [0.1, 0.15) is 28.6 Å². The van der Waals surface area contributed by atoms with Gasteiger partial charge in [0.2, 0.25) is 0 Å². The lowest BCUT2D eigenvalue weighted by Gasteiger charge is -2.13. The van der Waals surface area contributed by atoms with E-state index in [9.17, 15) is 19.2 Å². The molecule has 0 heterocycles. The van der Waals surface area contributed by atoms with Crippen molar-refractivity contribution >= 4 is 24.1 Å². The van der Waals surface area contributed by atoms with E-state index < -0.39 is 24.1 Å². The van der Waals surface area contributed by atoms with Crippen molar-refractivity contribution in [3.63, 3.8) is 0 Å². The van der Waals surface area contributed by atoms with Crippen LogP contribution in [0.15, 0.2) is 79.6 Å². The third-order valence-electron chi connectivity index (χ3n) is 6.22. The Morgan fingerprint density at radius 3 is 1.67 bits per heavy atom. The van der Waals surface area contributed by atoms with Crippen molar-refractivity contribution in [2.45, 2.75) is 46.0 Å². The summed E-state index contributed by atoms with van der Waals surface area (Å²) < 4.78 is 36.9. The molecule has 3 aromatic rings. The van der Waals surface area contributed by atoms with Crippen molar-refractivity contribution in [3.05, 3.63) is 96.3 Å². The van der Waals surface area contributed by atoms with Crippen LogP contribution in [-0.4, -0.2) is 50.5 Å². The van der Waals surface area contributed by atoms with Crippen molar-refractivity contribution < 1.29 is 52.3 Å². The molecule has 11 heteroatoms. The maximum absolute atomic E-state index is 13.1. The van der Waals surface area contributed by atoms with Gasteiger partial charge in [-0.1, -0.05) is 33.3 Å². The van der Waals surface area contributed by atoms with Crippen LogP contribution in [-0.2, 0) is 14.2 Å². The third kappa shape index (κ3) is 11.6. The van der Waals surface area contributed by atoms with Crippen LogP contribution in [0, 0.1) is 0 Å². The van der Waals surface area contributed by atoms with Crippen LogP contribution in [0.1, 0.15) is 77.0 Å².